The van der Waals surface area contributed by atoms with Crippen molar-refractivity contribution in [1.29, 1.82) is 5.26 Å². The van der Waals surface area contributed by atoms with Crippen LogP contribution in [0.25, 0.3) is 0 Å². The number of nitriles is 1. The molecule has 0 spiro atoms. The molecule has 5 heteroatoms. The summed E-state index contributed by atoms with van der Waals surface area (Å²) in [6, 6.07) is 14.6. The standard InChI is InChI=1S/C16H14ClN3O/c1-11(21)20-15-5-3-2-4-13(15)10-19-16-8-12(9-18)6-7-14(16)17/h2-8,19H,10H2,1H3,(H,20,21). The van der Waals surface area contributed by atoms with Crippen LogP contribution in [0.1, 0.15) is 18.1 Å². The fourth-order valence-corrected chi connectivity index (χ4v) is 2.09. The molecule has 0 radical (unpaired) electrons. The van der Waals surface area contributed by atoms with Gasteiger partial charge in [0.1, 0.15) is 0 Å². The van der Waals surface area contributed by atoms with Crippen molar-refractivity contribution in [2.24, 2.45) is 0 Å². The SMILES string of the molecule is CC(=O)Nc1ccccc1CNc1cc(C#N)ccc1Cl. The first kappa shape index (κ1) is 14.9. The average molecular weight is 300 g/mol. The molecule has 1 amide bonds. The van der Waals surface area contributed by atoms with Crippen molar-refractivity contribution in [3.05, 3.63) is 58.6 Å². The summed E-state index contributed by atoms with van der Waals surface area (Å²) in [5, 5.41) is 15.4. The van der Waals surface area contributed by atoms with Crippen molar-refractivity contribution in [2.45, 2.75) is 13.5 Å². The number of amides is 1. The summed E-state index contributed by atoms with van der Waals surface area (Å²) in [5.74, 6) is -0.119. The largest absolute Gasteiger partial charge is 0.380 e. The van der Waals surface area contributed by atoms with Gasteiger partial charge in [-0.3, -0.25) is 4.79 Å². The third-order valence-electron chi connectivity index (χ3n) is 2.89. The van der Waals surface area contributed by atoms with E-state index < -0.39 is 0 Å². The Kier molecular flexibility index (Phi) is 4.81. The van der Waals surface area contributed by atoms with Crippen molar-refractivity contribution in [3.8, 4) is 6.07 Å². The van der Waals surface area contributed by atoms with Gasteiger partial charge in [-0.05, 0) is 29.8 Å². The van der Waals surface area contributed by atoms with Crippen molar-refractivity contribution in [3.63, 3.8) is 0 Å². The molecule has 0 saturated carbocycles. The maximum absolute atomic E-state index is 11.2. The van der Waals surface area contributed by atoms with E-state index in [9.17, 15) is 4.79 Å². The zero-order valence-electron chi connectivity index (χ0n) is 11.5. The van der Waals surface area contributed by atoms with Gasteiger partial charge in [0.2, 0.25) is 5.91 Å². The Hall–Kier alpha value is -2.51. The lowest BCUT2D eigenvalue weighted by molar-refractivity contribution is -0.114. The van der Waals surface area contributed by atoms with Crippen LogP contribution < -0.4 is 10.6 Å². The molecule has 4 nitrogen and oxygen atoms in total. The van der Waals surface area contributed by atoms with Crippen LogP contribution in [0, 0.1) is 11.3 Å². The monoisotopic (exact) mass is 299 g/mol. The number of rotatable bonds is 4. The van der Waals surface area contributed by atoms with Gasteiger partial charge in [-0.25, -0.2) is 0 Å². The molecule has 106 valence electrons. The number of hydrogen-bond acceptors (Lipinski definition) is 3. The highest BCUT2D eigenvalue weighted by atomic mass is 35.5. The fraction of sp³-hybridized carbons (Fsp3) is 0.125. The predicted molar refractivity (Wildman–Crippen MR) is 84.2 cm³/mol. The molecule has 2 N–H and O–H groups in total. The number of halogens is 1. The zero-order valence-corrected chi connectivity index (χ0v) is 12.2. The number of carbonyl (C=O) groups is 1. The molecule has 0 unspecified atom stereocenters. The minimum absolute atomic E-state index is 0.119. The van der Waals surface area contributed by atoms with Crippen molar-refractivity contribution in [1.82, 2.24) is 0 Å². The van der Waals surface area contributed by atoms with Gasteiger partial charge >= 0.3 is 0 Å². The summed E-state index contributed by atoms with van der Waals surface area (Å²) >= 11 is 6.10. The third kappa shape index (κ3) is 3.98. The number of hydrogen-bond donors (Lipinski definition) is 2. The Morgan fingerprint density at radius 1 is 1.24 bits per heavy atom. The molecule has 0 aliphatic heterocycles. The minimum atomic E-state index is -0.119. The molecule has 0 saturated heterocycles. The second-order valence-electron chi connectivity index (χ2n) is 4.50. The van der Waals surface area contributed by atoms with Gasteiger partial charge in [-0.15, -0.1) is 0 Å². The van der Waals surface area contributed by atoms with Gasteiger partial charge in [0.15, 0.2) is 0 Å². The van der Waals surface area contributed by atoms with Crippen molar-refractivity contribution in [2.75, 3.05) is 10.6 Å². The molecule has 2 aromatic rings. The quantitative estimate of drug-likeness (QED) is 0.903. The van der Waals surface area contributed by atoms with Crippen molar-refractivity contribution < 1.29 is 4.79 Å². The molecular weight excluding hydrogens is 286 g/mol. The highest BCUT2D eigenvalue weighted by Gasteiger charge is 2.05. The molecule has 0 bridgehead atoms. The van der Waals surface area contributed by atoms with E-state index in [1.165, 1.54) is 6.92 Å². The van der Waals surface area contributed by atoms with Crippen LogP contribution in [0.3, 0.4) is 0 Å². The molecule has 21 heavy (non-hydrogen) atoms. The Labute approximate surface area is 128 Å². The van der Waals surface area contributed by atoms with Gasteiger partial charge in [-0.2, -0.15) is 5.26 Å². The predicted octanol–water partition coefficient (Wildman–Crippen LogP) is 3.78. The second-order valence-corrected chi connectivity index (χ2v) is 4.91. The molecule has 0 fully saturated rings. The first-order chi connectivity index (χ1) is 10.1. The molecular formula is C16H14ClN3O. The van der Waals surface area contributed by atoms with Crippen LogP contribution in [0.2, 0.25) is 5.02 Å². The maximum atomic E-state index is 11.2. The normalized spacial score (nSPS) is 9.76. The van der Waals surface area contributed by atoms with Gasteiger partial charge in [0.05, 0.1) is 22.3 Å². The van der Waals surface area contributed by atoms with Gasteiger partial charge in [-0.1, -0.05) is 29.8 Å². The number of nitrogens with zero attached hydrogens (tertiary/aromatic N) is 1. The number of carbonyl (C=O) groups excluding carboxylic acids is 1. The Balaban J connectivity index is 2.17. The van der Waals surface area contributed by atoms with E-state index in [4.69, 9.17) is 16.9 Å². The minimum Gasteiger partial charge on any atom is -0.380 e. The number of nitrogens with one attached hydrogen (secondary N) is 2. The number of anilines is 2. The Morgan fingerprint density at radius 3 is 2.71 bits per heavy atom. The lowest BCUT2D eigenvalue weighted by Gasteiger charge is -2.12. The van der Waals surface area contributed by atoms with E-state index in [0.717, 1.165) is 11.3 Å². The Bertz CT molecular complexity index is 707. The van der Waals surface area contributed by atoms with Gasteiger partial charge in [0, 0.05) is 19.2 Å². The van der Waals surface area contributed by atoms with Crippen LogP contribution in [0.5, 0.6) is 0 Å². The zero-order chi connectivity index (χ0) is 15.2. The van der Waals surface area contributed by atoms with E-state index in [1.54, 1.807) is 18.2 Å². The lowest BCUT2D eigenvalue weighted by Crippen LogP contribution is -2.10. The second kappa shape index (κ2) is 6.78. The smallest absolute Gasteiger partial charge is 0.221 e. The van der Waals surface area contributed by atoms with Gasteiger partial charge < -0.3 is 10.6 Å². The molecule has 0 aromatic heterocycles. The van der Waals surface area contributed by atoms with Crippen LogP contribution in [0.4, 0.5) is 11.4 Å². The Morgan fingerprint density at radius 2 is 2.00 bits per heavy atom. The third-order valence-corrected chi connectivity index (χ3v) is 3.22. The molecule has 0 heterocycles. The number of benzene rings is 2. The van der Waals surface area contributed by atoms with Crippen LogP contribution in [0.15, 0.2) is 42.5 Å². The topological polar surface area (TPSA) is 64.9 Å². The summed E-state index contributed by atoms with van der Waals surface area (Å²) in [6.45, 7) is 1.96. The summed E-state index contributed by atoms with van der Waals surface area (Å²) in [6.07, 6.45) is 0. The maximum Gasteiger partial charge on any atom is 0.221 e. The average Bonchev–Trinajstić information content (AvgIpc) is 2.47. The van der Waals surface area contributed by atoms with E-state index in [2.05, 4.69) is 16.7 Å². The van der Waals surface area contributed by atoms with E-state index >= 15 is 0 Å². The van der Waals surface area contributed by atoms with Gasteiger partial charge in [0.25, 0.3) is 0 Å². The van der Waals surface area contributed by atoms with E-state index in [0.29, 0.717) is 22.8 Å². The summed E-state index contributed by atoms with van der Waals surface area (Å²) in [7, 11) is 0. The summed E-state index contributed by atoms with van der Waals surface area (Å²) in [5.41, 5.74) is 2.92. The molecule has 0 aliphatic carbocycles. The first-order valence-corrected chi connectivity index (χ1v) is 6.77. The molecule has 0 atom stereocenters. The number of para-hydroxylation sites is 1. The van der Waals surface area contributed by atoms with Crippen LogP contribution in [-0.4, -0.2) is 5.91 Å². The van der Waals surface area contributed by atoms with Crippen LogP contribution >= 0.6 is 11.6 Å². The summed E-state index contributed by atoms with van der Waals surface area (Å²) in [4.78, 5) is 11.2. The molecule has 0 aliphatic rings. The summed E-state index contributed by atoms with van der Waals surface area (Å²) < 4.78 is 0. The lowest BCUT2D eigenvalue weighted by atomic mass is 10.1. The fourth-order valence-electron chi connectivity index (χ4n) is 1.91. The molecule has 2 aromatic carbocycles. The highest BCUT2D eigenvalue weighted by molar-refractivity contribution is 6.33. The van der Waals surface area contributed by atoms with E-state index in [1.807, 2.05) is 24.3 Å². The van der Waals surface area contributed by atoms with Crippen LogP contribution in [-0.2, 0) is 11.3 Å². The molecule has 2 rings (SSSR count). The van der Waals surface area contributed by atoms with E-state index in [-0.39, 0.29) is 5.91 Å². The van der Waals surface area contributed by atoms with Crippen molar-refractivity contribution >= 4 is 28.9 Å². The highest BCUT2D eigenvalue weighted by Crippen LogP contribution is 2.24. The first-order valence-electron chi connectivity index (χ1n) is 6.39.